The van der Waals surface area contributed by atoms with Gasteiger partial charge in [0.2, 0.25) is 0 Å². The molecule has 0 fully saturated rings. The number of aryl methyl sites for hydroxylation is 2. The summed E-state index contributed by atoms with van der Waals surface area (Å²) in [5, 5.41) is 10.6. The van der Waals surface area contributed by atoms with E-state index in [4.69, 9.17) is 4.74 Å². The lowest BCUT2D eigenvalue weighted by molar-refractivity contribution is 0.0887. The second kappa shape index (κ2) is 6.31. The highest BCUT2D eigenvalue weighted by atomic mass is 16.5. The van der Waals surface area contributed by atoms with Crippen molar-refractivity contribution < 1.29 is 9.84 Å². The monoisotopic (exact) mass is 282 g/mol. The third-order valence-corrected chi connectivity index (χ3v) is 4.57. The summed E-state index contributed by atoms with van der Waals surface area (Å²) < 4.78 is 5.18. The van der Waals surface area contributed by atoms with Crippen molar-refractivity contribution in [1.29, 1.82) is 0 Å². The second-order valence-electron chi connectivity index (χ2n) is 5.83. The summed E-state index contributed by atoms with van der Waals surface area (Å²) in [6, 6.07) is 16.5. The molecule has 0 saturated carbocycles. The number of aliphatic hydroxyl groups excluding tert-OH is 1. The lowest BCUT2D eigenvalue weighted by atomic mass is 9.79. The molecule has 2 nitrogen and oxygen atoms in total. The van der Waals surface area contributed by atoms with Crippen LogP contribution in [0.25, 0.3) is 0 Å². The molecule has 0 aromatic heterocycles. The van der Waals surface area contributed by atoms with Crippen LogP contribution in [0, 0.1) is 5.92 Å². The lowest BCUT2D eigenvalue weighted by Gasteiger charge is -2.30. The van der Waals surface area contributed by atoms with Gasteiger partial charge in [0.15, 0.2) is 0 Å². The third-order valence-electron chi connectivity index (χ3n) is 4.57. The van der Waals surface area contributed by atoms with Gasteiger partial charge in [0.05, 0.1) is 13.2 Å². The van der Waals surface area contributed by atoms with Crippen LogP contribution in [0.4, 0.5) is 0 Å². The summed E-state index contributed by atoms with van der Waals surface area (Å²) >= 11 is 0. The SMILES string of the molecule is COc1ccc(CCC2CCc3ccccc3C2O)cc1. The zero-order valence-electron chi connectivity index (χ0n) is 12.5. The number of fused-ring (bicyclic) bond motifs is 1. The molecule has 1 N–H and O–H groups in total. The molecular formula is C19H22O2. The van der Waals surface area contributed by atoms with Gasteiger partial charge in [-0.15, -0.1) is 0 Å². The molecule has 1 aliphatic carbocycles. The molecule has 0 amide bonds. The molecule has 1 aliphatic rings. The topological polar surface area (TPSA) is 29.5 Å². The third kappa shape index (κ3) is 3.11. The molecule has 110 valence electrons. The second-order valence-corrected chi connectivity index (χ2v) is 5.83. The van der Waals surface area contributed by atoms with Gasteiger partial charge in [-0.1, -0.05) is 36.4 Å². The first kappa shape index (κ1) is 14.2. The zero-order valence-corrected chi connectivity index (χ0v) is 12.5. The number of benzene rings is 2. The number of methoxy groups -OCH3 is 1. The predicted molar refractivity (Wildman–Crippen MR) is 84.5 cm³/mol. The van der Waals surface area contributed by atoms with E-state index in [1.54, 1.807) is 7.11 Å². The fraction of sp³-hybridized carbons (Fsp3) is 0.368. The largest absolute Gasteiger partial charge is 0.497 e. The van der Waals surface area contributed by atoms with E-state index in [0.717, 1.165) is 37.0 Å². The lowest BCUT2D eigenvalue weighted by Crippen LogP contribution is -2.21. The fourth-order valence-electron chi connectivity index (χ4n) is 3.25. The minimum Gasteiger partial charge on any atom is -0.497 e. The summed E-state index contributed by atoms with van der Waals surface area (Å²) in [5.74, 6) is 1.26. The van der Waals surface area contributed by atoms with Gasteiger partial charge >= 0.3 is 0 Å². The maximum atomic E-state index is 10.6. The average molecular weight is 282 g/mol. The van der Waals surface area contributed by atoms with Crippen molar-refractivity contribution in [2.75, 3.05) is 7.11 Å². The number of ether oxygens (including phenoxy) is 1. The molecule has 3 rings (SSSR count). The maximum Gasteiger partial charge on any atom is 0.118 e. The van der Waals surface area contributed by atoms with Crippen LogP contribution in [0.1, 0.15) is 35.6 Å². The van der Waals surface area contributed by atoms with Crippen LogP contribution < -0.4 is 4.74 Å². The molecule has 2 aromatic rings. The molecule has 0 saturated heterocycles. The van der Waals surface area contributed by atoms with Crippen molar-refractivity contribution in [2.24, 2.45) is 5.92 Å². The summed E-state index contributed by atoms with van der Waals surface area (Å²) in [4.78, 5) is 0. The minimum absolute atomic E-state index is 0.312. The molecule has 2 unspecified atom stereocenters. The Kier molecular flexibility index (Phi) is 4.26. The smallest absolute Gasteiger partial charge is 0.118 e. The Labute approximate surface area is 126 Å². The highest BCUT2D eigenvalue weighted by Gasteiger charge is 2.27. The zero-order chi connectivity index (χ0) is 14.7. The van der Waals surface area contributed by atoms with Crippen molar-refractivity contribution in [1.82, 2.24) is 0 Å². The van der Waals surface area contributed by atoms with Crippen LogP contribution in [0.15, 0.2) is 48.5 Å². The number of aliphatic hydroxyl groups is 1. The van der Waals surface area contributed by atoms with Crippen molar-refractivity contribution in [3.63, 3.8) is 0 Å². The first-order valence-corrected chi connectivity index (χ1v) is 7.66. The van der Waals surface area contributed by atoms with E-state index >= 15 is 0 Å². The molecule has 2 heteroatoms. The molecule has 2 aromatic carbocycles. The Morgan fingerprint density at radius 3 is 2.62 bits per heavy atom. The molecule has 2 atom stereocenters. The van der Waals surface area contributed by atoms with E-state index in [1.807, 2.05) is 18.2 Å². The van der Waals surface area contributed by atoms with Crippen LogP contribution in [-0.4, -0.2) is 12.2 Å². The van der Waals surface area contributed by atoms with Crippen LogP contribution >= 0.6 is 0 Å². The van der Waals surface area contributed by atoms with Gasteiger partial charge in [0.1, 0.15) is 5.75 Å². The van der Waals surface area contributed by atoms with Crippen LogP contribution in [0.3, 0.4) is 0 Å². The van der Waals surface area contributed by atoms with Gasteiger partial charge in [-0.25, -0.2) is 0 Å². The van der Waals surface area contributed by atoms with Crippen LogP contribution in [0.5, 0.6) is 5.75 Å². The number of rotatable bonds is 4. The van der Waals surface area contributed by atoms with Gasteiger partial charge in [-0.05, 0) is 60.4 Å². The Morgan fingerprint density at radius 2 is 1.86 bits per heavy atom. The Morgan fingerprint density at radius 1 is 1.10 bits per heavy atom. The first-order valence-electron chi connectivity index (χ1n) is 7.66. The fourth-order valence-corrected chi connectivity index (χ4v) is 3.25. The summed E-state index contributed by atoms with van der Waals surface area (Å²) in [6.07, 6.45) is 3.89. The summed E-state index contributed by atoms with van der Waals surface area (Å²) in [6.45, 7) is 0. The van der Waals surface area contributed by atoms with Gasteiger partial charge in [0, 0.05) is 0 Å². The van der Waals surface area contributed by atoms with E-state index in [2.05, 4.69) is 30.3 Å². The molecule has 0 bridgehead atoms. The maximum absolute atomic E-state index is 10.6. The average Bonchev–Trinajstić information content (AvgIpc) is 2.55. The Hall–Kier alpha value is -1.80. The highest BCUT2D eigenvalue weighted by Crippen LogP contribution is 2.36. The molecular weight excluding hydrogens is 260 g/mol. The van der Waals surface area contributed by atoms with E-state index in [1.165, 1.54) is 11.1 Å². The highest BCUT2D eigenvalue weighted by molar-refractivity contribution is 5.32. The predicted octanol–water partition coefficient (Wildman–Crippen LogP) is 3.92. The van der Waals surface area contributed by atoms with E-state index < -0.39 is 0 Å². The van der Waals surface area contributed by atoms with Crippen molar-refractivity contribution in [3.05, 3.63) is 65.2 Å². The van der Waals surface area contributed by atoms with Gasteiger partial charge in [-0.3, -0.25) is 0 Å². The van der Waals surface area contributed by atoms with Gasteiger partial charge in [0.25, 0.3) is 0 Å². The number of hydrogen-bond donors (Lipinski definition) is 1. The molecule has 0 aliphatic heterocycles. The normalized spacial score (nSPS) is 20.9. The van der Waals surface area contributed by atoms with E-state index in [-0.39, 0.29) is 6.10 Å². The Bertz CT molecular complexity index is 589. The molecule has 0 heterocycles. The summed E-state index contributed by atoms with van der Waals surface area (Å²) in [7, 11) is 1.69. The Balaban J connectivity index is 1.63. The van der Waals surface area contributed by atoms with Crippen molar-refractivity contribution in [3.8, 4) is 5.75 Å². The van der Waals surface area contributed by atoms with Crippen molar-refractivity contribution >= 4 is 0 Å². The van der Waals surface area contributed by atoms with Gasteiger partial charge < -0.3 is 9.84 Å². The van der Waals surface area contributed by atoms with E-state index in [0.29, 0.717) is 5.92 Å². The molecule has 0 radical (unpaired) electrons. The molecule has 0 spiro atoms. The quantitative estimate of drug-likeness (QED) is 0.921. The summed E-state index contributed by atoms with van der Waals surface area (Å²) in [5.41, 5.74) is 3.75. The standard InChI is InChI=1S/C19H22O2/c1-21-17-12-7-14(8-13-17)6-9-16-11-10-15-4-2-3-5-18(15)19(16)20/h2-5,7-8,12-13,16,19-20H,6,9-11H2,1H3. The number of hydrogen-bond acceptors (Lipinski definition) is 2. The van der Waals surface area contributed by atoms with Crippen LogP contribution in [0.2, 0.25) is 0 Å². The van der Waals surface area contributed by atoms with Crippen LogP contribution in [-0.2, 0) is 12.8 Å². The van der Waals surface area contributed by atoms with E-state index in [9.17, 15) is 5.11 Å². The first-order chi connectivity index (χ1) is 10.3. The van der Waals surface area contributed by atoms with Crippen molar-refractivity contribution in [2.45, 2.75) is 31.8 Å². The van der Waals surface area contributed by atoms with Gasteiger partial charge in [-0.2, -0.15) is 0 Å². The minimum atomic E-state index is -0.312. The molecule has 21 heavy (non-hydrogen) atoms.